The lowest BCUT2D eigenvalue weighted by Crippen LogP contribution is -2.22. The summed E-state index contributed by atoms with van der Waals surface area (Å²) in [5, 5.41) is 0. The molecule has 0 amide bonds. The molecule has 4 heteroatoms. The quantitative estimate of drug-likeness (QED) is 0.709. The number of benzene rings is 1. The maximum Gasteiger partial charge on any atom is 0.178 e. The van der Waals surface area contributed by atoms with Crippen LogP contribution in [0.3, 0.4) is 0 Å². The van der Waals surface area contributed by atoms with Crippen molar-refractivity contribution in [3.8, 4) is 11.5 Å². The summed E-state index contributed by atoms with van der Waals surface area (Å²) >= 11 is 0. The van der Waals surface area contributed by atoms with E-state index in [1.165, 1.54) is 11.6 Å². The van der Waals surface area contributed by atoms with Crippen LogP contribution in [0, 0.1) is 5.82 Å². The standard InChI is InChI=1S/C21H20FN3/c1-21(2,15-8-3-4-9-16(15)22)19-12-6-11-18(24-19)20-23-13-14-7-5-10-17(14)25-20/h3-4,6,8-9,11-13H,5,7,10H2,1-2H3. The Labute approximate surface area is 147 Å². The minimum absolute atomic E-state index is 0.214. The van der Waals surface area contributed by atoms with Crippen LogP contribution in [0.5, 0.6) is 0 Å². The van der Waals surface area contributed by atoms with E-state index >= 15 is 0 Å². The van der Waals surface area contributed by atoms with Crippen molar-refractivity contribution in [3.05, 3.63) is 77.0 Å². The van der Waals surface area contributed by atoms with Crippen LogP contribution in [0.15, 0.2) is 48.7 Å². The first-order valence-corrected chi connectivity index (χ1v) is 8.63. The Morgan fingerprint density at radius 2 is 1.80 bits per heavy atom. The van der Waals surface area contributed by atoms with Crippen LogP contribution in [0.25, 0.3) is 11.5 Å². The Hall–Kier alpha value is -2.62. The molecule has 0 atom stereocenters. The van der Waals surface area contributed by atoms with Gasteiger partial charge in [0.15, 0.2) is 5.82 Å². The molecule has 1 aliphatic carbocycles. The lowest BCUT2D eigenvalue weighted by molar-refractivity contribution is 0.539. The predicted octanol–water partition coefficient (Wildman–Crippen LogP) is 4.49. The first-order chi connectivity index (χ1) is 12.1. The molecule has 126 valence electrons. The van der Waals surface area contributed by atoms with Crippen LogP contribution in [-0.2, 0) is 18.3 Å². The summed E-state index contributed by atoms with van der Waals surface area (Å²) in [7, 11) is 0. The molecule has 3 aromatic rings. The number of fused-ring (bicyclic) bond motifs is 1. The smallest absolute Gasteiger partial charge is 0.178 e. The number of pyridine rings is 1. The second kappa shape index (κ2) is 6.03. The molecule has 0 saturated carbocycles. The van der Waals surface area contributed by atoms with E-state index in [-0.39, 0.29) is 5.82 Å². The van der Waals surface area contributed by atoms with E-state index < -0.39 is 5.41 Å². The van der Waals surface area contributed by atoms with Gasteiger partial charge in [0.2, 0.25) is 0 Å². The molecule has 0 fully saturated rings. The van der Waals surface area contributed by atoms with Crippen LogP contribution in [0.4, 0.5) is 4.39 Å². The van der Waals surface area contributed by atoms with Crippen LogP contribution >= 0.6 is 0 Å². The number of nitrogens with zero attached hydrogens (tertiary/aromatic N) is 3. The average molecular weight is 333 g/mol. The van der Waals surface area contributed by atoms with E-state index in [4.69, 9.17) is 4.98 Å². The van der Waals surface area contributed by atoms with E-state index in [1.54, 1.807) is 6.07 Å². The third-order valence-electron chi connectivity index (χ3n) is 4.98. The maximum atomic E-state index is 14.3. The van der Waals surface area contributed by atoms with Gasteiger partial charge in [-0.05, 0) is 48.6 Å². The van der Waals surface area contributed by atoms with Crippen molar-refractivity contribution >= 4 is 0 Å². The fraction of sp³-hybridized carbons (Fsp3) is 0.286. The zero-order valence-electron chi connectivity index (χ0n) is 14.5. The lowest BCUT2D eigenvalue weighted by atomic mass is 9.81. The summed E-state index contributed by atoms with van der Waals surface area (Å²) in [6, 6.07) is 12.7. The second-order valence-corrected chi connectivity index (χ2v) is 7.03. The van der Waals surface area contributed by atoms with Gasteiger partial charge in [-0.2, -0.15) is 0 Å². The highest BCUT2D eigenvalue weighted by atomic mass is 19.1. The summed E-state index contributed by atoms with van der Waals surface area (Å²) < 4.78 is 14.3. The van der Waals surface area contributed by atoms with Gasteiger partial charge < -0.3 is 0 Å². The first kappa shape index (κ1) is 15.9. The highest BCUT2D eigenvalue weighted by Crippen LogP contribution is 2.33. The third-order valence-corrected chi connectivity index (χ3v) is 4.98. The Morgan fingerprint density at radius 1 is 0.960 bits per heavy atom. The zero-order chi connectivity index (χ0) is 17.4. The first-order valence-electron chi connectivity index (χ1n) is 8.63. The van der Waals surface area contributed by atoms with Crippen molar-refractivity contribution in [3.63, 3.8) is 0 Å². The number of hydrogen-bond acceptors (Lipinski definition) is 3. The minimum atomic E-state index is -0.544. The molecular weight excluding hydrogens is 313 g/mol. The van der Waals surface area contributed by atoms with Crippen molar-refractivity contribution in [1.29, 1.82) is 0 Å². The van der Waals surface area contributed by atoms with E-state index in [1.807, 2.05) is 50.4 Å². The largest absolute Gasteiger partial charge is 0.249 e. The molecule has 0 aliphatic heterocycles. The highest BCUT2D eigenvalue weighted by molar-refractivity contribution is 5.51. The molecule has 0 spiro atoms. The lowest BCUT2D eigenvalue weighted by Gasteiger charge is -2.25. The molecular formula is C21H20FN3. The summed E-state index contributed by atoms with van der Waals surface area (Å²) in [5.74, 6) is 0.431. The minimum Gasteiger partial charge on any atom is -0.249 e. The topological polar surface area (TPSA) is 38.7 Å². The Kier molecular flexibility index (Phi) is 3.83. The molecule has 0 saturated heterocycles. The molecule has 3 nitrogen and oxygen atoms in total. The summed E-state index contributed by atoms with van der Waals surface area (Å²) in [4.78, 5) is 13.9. The summed E-state index contributed by atoms with van der Waals surface area (Å²) in [6.45, 7) is 3.97. The van der Waals surface area contributed by atoms with Crippen LogP contribution in [0.1, 0.15) is 42.8 Å². The van der Waals surface area contributed by atoms with Crippen molar-refractivity contribution in [1.82, 2.24) is 15.0 Å². The van der Waals surface area contributed by atoms with Crippen LogP contribution in [0.2, 0.25) is 0 Å². The molecule has 4 rings (SSSR count). The number of rotatable bonds is 3. The summed E-state index contributed by atoms with van der Waals surface area (Å²) in [5.41, 5.74) is 4.00. The number of aryl methyl sites for hydroxylation is 2. The van der Waals surface area contributed by atoms with E-state index in [0.29, 0.717) is 11.4 Å². The fourth-order valence-corrected chi connectivity index (χ4v) is 3.45. The van der Waals surface area contributed by atoms with Gasteiger partial charge in [-0.3, -0.25) is 0 Å². The zero-order valence-corrected chi connectivity index (χ0v) is 14.5. The van der Waals surface area contributed by atoms with Crippen molar-refractivity contribution in [2.24, 2.45) is 0 Å². The molecule has 0 bridgehead atoms. The Morgan fingerprint density at radius 3 is 2.64 bits per heavy atom. The van der Waals surface area contributed by atoms with Gasteiger partial charge in [-0.25, -0.2) is 19.3 Å². The van der Waals surface area contributed by atoms with Crippen molar-refractivity contribution in [2.45, 2.75) is 38.5 Å². The highest BCUT2D eigenvalue weighted by Gasteiger charge is 2.28. The molecule has 0 N–H and O–H groups in total. The Balaban J connectivity index is 1.76. The third kappa shape index (κ3) is 2.82. The van der Waals surface area contributed by atoms with E-state index in [2.05, 4.69) is 9.97 Å². The molecule has 1 aromatic carbocycles. The van der Waals surface area contributed by atoms with Gasteiger partial charge in [0, 0.05) is 17.3 Å². The number of halogens is 1. The predicted molar refractivity (Wildman–Crippen MR) is 95.8 cm³/mol. The molecule has 1 aliphatic rings. The average Bonchev–Trinajstić information content (AvgIpc) is 3.10. The van der Waals surface area contributed by atoms with Gasteiger partial charge in [0.1, 0.15) is 11.5 Å². The number of aromatic nitrogens is 3. The fourth-order valence-electron chi connectivity index (χ4n) is 3.45. The van der Waals surface area contributed by atoms with E-state index in [0.717, 1.165) is 36.3 Å². The van der Waals surface area contributed by atoms with Gasteiger partial charge in [0.05, 0.1) is 5.69 Å². The van der Waals surface area contributed by atoms with Gasteiger partial charge in [-0.1, -0.05) is 38.1 Å². The summed E-state index contributed by atoms with van der Waals surface area (Å²) in [6.07, 6.45) is 5.12. The van der Waals surface area contributed by atoms with Gasteiger partial charge >= 0.3 is 0 Å². The Bertz CT molecular complexity index is 934. The molecule has 0 radical (unpaired) electrons. The van der Waals surface area contributed by atoms with Gasteiger partial charge in [0.25, 0.3) is 0 Å². The van der Waals surface area contributed by atoms with Crippen LogP contribution in [-0.4, -0.2) is 15.0 Å². The maximum absolute atomic E-state index is 14.3. The molecule has 2 aromatic heterocycles. The second-order valence-electron chi connectivity index (χ2n) is 7.03. The molecule has 2 heterocycles. The number of hydrogen-bond donors (Lipinski definition) is 0. The van der Waals surface area contributed by atoms with E-state index in [9.17, 15) is 4.39 Å². The molecule has 0 unspecified atom stereocenters. The van der Waals surface area contributed by atoms with Crippen LogP contribution < -0.4 is 0 Å². The molecule has 25 heavy (non-hydrogen) atoms. The van der Waals surface area contributed by atoms with Gasteiger partial charge in [-0.15, -0.1) is 0 Å². The monoisotopic (exact) mass is 333 g/mol. The van der Waals surface area contributed by atoms with Crippen molar-refractivity contribution < 1.29 is 4.39 Å². The SMILES string of the molecule is CC(C)(c1cccc(-c2ncc3c(n2)CCC3)n1)c1ccccc1F. The normalized spacial score (nSPS) is 13.7. The van der Waals surface area contributed by atoms with Crippen molar-refractivity contribution in [2.75, 3.05) is 0 Å².